The SMILES string of the molecule is COc1ccc(C2=C/C(=C\c3ccc(OCC#N)cc3)C(=O)O2)cc1. The topological polar surface area (TPSA) is 68.5 Å². The monoisotopic (exact) mass is 333 g/mol. The minimum absolute atomic E-state index is 0.000715. The van der Waals surface area contributed by atoms with Crippen LogP contribution in [0.3, 0.4) is 0 Å². The molecule has 124 valence electrons. The van der Waals surface area contributed by atoms with Gasteiger partial charge in [0.15, 0.2) is 6.61 Å². The number of carbonyl (C=O) groups is 1. The van der Waals surface area contributed by atoms with Crippen molar-refractivity contribution in [2.75, 3.05) is 13.7 Å². The van der Waals surface area contributed by atoms with E-state index in [2.05, 4.69) is 0 Å². The fourth-order valence-electron chi connectivity index (χ4n) is 2.34. The highest BCUT2D eigenvalue weighted by Gasteiger charge is 2.21. The lowest BCUT2D eigenvalue weighted by Crippen LogP contribution is -1.97. The van der Waals surface area contributed by atoms with Gasteiger partial charge in [-0.2, -0.15) is 5.26 Å². The average Bonchev–Trinajstić information content (AvgIpc) is 3.02. The molecule has 5 heteroatoms. The minimum Gasteiger partial charge on any atom is -0.497 e. The van der Waals surface area contributed by atoms with E-state index >= 15 is 0 Å². The minimum atomic E-state index is -0.393. The normalized spacial score (nSPS) is 14.6. The third-order valence-corrected chi connectivity index (χ3v) is 3.61. The van der Waals surface area contributed by atoms with Crippen LogP contribution in [0.4, 0.5) is 0 Å². The molecule has 0 atom stereocenters. The van der Waals surface area contributed by atoms with E-state index in [-0.39, 0.29) is 6.61 Å². The number of cyclic esters (lactones) is 1. The molecule has 0 unspecified atom stereocenters. The Hall–Kier alpha value is -3.52. The predicted molar refractivity (Wildman–Crippen MR) is 92.6 cm³/mol. The number of rotatable bonds is 5. The fraction of sp³-hybridized carbons (Fsp3) is 0.100. The van der Waals surface area contributed by atoms with Gasteiger partial charge in [-0.25, -0.2) is 4.79 Å². The lowest BCUT2D eigenvalue weighted by Gasteiger charge is -2.03. The van der Waals surface area contributed by atoms with Gasteiger partial charge >= 0.3 is 5.97 Å². The molecule has 0 spiro atoms. The van der Waals surface area contributed by atoms with Crippen LogP contribution in [0.5, 0.6) is 11.5 Å². The van der Waals surface area contributed by atoms with Crippen LogP contribution < -0.4 is 9.47 Å². The van der Waals surface area contributed by atoms with Gasteiger partial charge < -0.3 is 14.2 Å². The van der Waals surface area contributed by atoms with E-state index in [0.717, 1.165) is 16.9 Å². The van der Waals surface area contributed by atoms with Crippen molar-refractivity contribution in [1.29, 1.82) is 5.26 Å². The Morgan fingerprint density at radius 3 is 2.40 bits per heavy atom. The van der Waals surface area contributed by atoms with E-state index in [0.29, 0.717) is 17.1 Å². The van der Waals surface area contributed by atoms with Crippen LogP contribution in [0, 0.1) is 11.3 Å². The summed E-state index contributed by atoms with van der Waals surface area (Å²) in [6.45, 7) is 0.000715. The first-order valence-electron chi connectivity index (χ1n) is 7.59. The van der Waals surface area contributed by atoms with Gasteiger partial charge in [0.1, 0.15) is 23.3 Å². The maximum atomic E-state index is 12.1. The Morgan fingerprint density at radius 1 is 1.08 bits per heavy atom. The van der Waals surface area contributed by atoms with Gasteiger partial charge in [-0.3, -0.25) is 0 Å². The fourth-order valence-corrected chi connectivity index (χ4v) is 2.34. The summed E-state index contributed by atoms with van der Waals surface area (Å²) >= 11 is 0. The Kier molecular flexibility index (Phi) is 4.82. The van der Waals surface area contributed by atoms with Crippen LogP contribution >= 0.6 is 0 Å². The molecule has 0 fully saturated rings. The highest BCUT2D eigenvalue weighted by atomic mass is 16.5. The second-order valence-electron chi connectivity index (χ2n) is 5.24. The van der Waals surface area contributed by atoms with Gasteiger partial charge in [-0.15, -0.1) is 0 Å². The summed E-state index contributed by atoms with van der Waals surface area (Å²) in [5.41, 5.74) is 2.11. The molecule has 3 rings (SSSR count). The maximum absolute atomic E-state index is 12.1. The molecule has 0 radical (unpaired) electrons. The molecule has 0 bridgehead atoms. The van der Waals surface area contributed by atoms with Crippen molar-refractivity contribution >= 4 is 17.8 Å². The van der Waals surface area contributed by atoms with E-state index in [1.807, 2.05) is 42.5 Å². The molecule has 0 aromatic heterocycles. The standard InChI is InChI=1S/C20H15NO4/c1-23-17-8-4-15(5-9-17)19-13-16(20(22)25-19)12-14-2-6-18(7-3-14)24-11-10-21/h2-9,12-13H,11H2,1H3/b16-12+. The number of nitriles is 1. The first kappa shape index (κ1) is 16.3. The maximum Gasteiger partial charge on any atom is 0.343 e. The van der Waals surface area contributed by atoms with E-state index < -0.39 is 5.97 Å². The first-order valence-corrected chi connectivity index (χ1v) is 7.59. The van der Waals surface area contributed by atoms with Crippen molar-refractivity contribution in [3.8, 4) is 17.6 Å². The molecule has 2 aromatic rings. The van der Waals surface area contributed by atoms with E-state index in [4.69, 9.17) is 19.5 Å². The zero-order chi connectivity index (χ0) is 17.6. The van der Waals surface area contributed by atoms with Crippen molar-refractivity contribution < 1.29 is 19.0 Å². The molecule has 0 amide bonds. The number of hydrogen-bond acceptors (Lipinski definition) is 5. The smallest absolute Gasteiger partial charge is 0.343 e. The third kappa shape index (κ3) is 3.88. The number of hydrogen-bond donors (Lipinski definition) is 0. The molecule has 0 aliphatic carbocycles. The Balaban J connectivity index is 1.79. The summed E-state index contributed by atoms with van der Waals surface area (Å²) < 4.78 is 15.7. The van der Waals surface area contributed by atoms with E-state index in [1.54, 1.807) is 31.4 Å². The number of carbonyl (C=O) groups excluding carboxylic acids is 1. The van der Waals surface area contributed by atoms with Crippen molar-refractivity contribution in [3.05, 3.63) is 71.3 Å². The molecule has 2 aromatic carbocycles. The molecule has 0 saturated carbocycles. The van der Waals surface area contributed by atoms with Gasteiger partial charge in [-0.1, -0.05) is 12.1 Å². The van der Waals surface area contributed by atoms with Crippen LogP contribution in [0.15, 0.2) is 60.2 Å². The van der Waals surface area contributed by atoms with Gasteiger partial charge in [-0.05, 0) is 54.1 Å². The van der Waals surface area contributed by atoms with Gasteiger partial charge in [0, 0.05) is 5.56 Å². The predicted octanol–water partition coefficient (Wildman–Crippen LogP) is 3.58. The Bertz CT molecular complexity index is 871. The average molecular weight is 333 g/mol. The van der Waals surface area contributed by atoms with Crippen molar-refractivity contribution in [1.82, 2.24) is 0 Å². The highest BCUT2D eigenvalue weighted by Crippen LogP contribution is 2.28. The number of nitrogens with zero attached hydrogens (tertiary/aromatic N) is 1. The molecule has 1 heterocycles. The van der Waals surface area contributed by atoms with Gasteiger partial charge in [0.2, 0.25) is 0 Å². The van der Waals surface area contributed by atoms with Crippen LogP contribution in [-0.2, 0) is 9.53 Å². The van der Waals surface area contributed by atoms with Crippen LogP contribution in [0.25, 0.3) is 11.8 Å². The molecular weight excluding hydrogens is 318 g/mol. The largest absolute Gasteiger partial charge is 0.497 e. The molecule has 0 N–H and O–H groups in total. The summed E-state index contributed by atoms with van der Waals surface area (Å²) in [5, 5.41) is 8.50. The second kappa shape index (κ2) is 7.37. The van der Waals surface area contributed by atoms with Crippen LogP contribution in [0.2, 0.25) is 0 Å². The van der Waals surface area contributed by atoms with Crippen molar-refractivity contribution in [2.45, 2.75) is 0 Å². The molecular formula is C20H15NO4. The summed E-state index contributed by atoms with van der Waals surface area (Å²) in [5.74, 6) is 1.46. The summed E-state index contributed by atoms with van der Waals surface area (Å²) in [4.78, 5) is 12.1. The first-order chi connectivity index (χ1) is 12.2. The van der Waals surface area contributed by atoms with Gasteiger partial charge in [0.05, 0.1) is 12.7 Å². The quantitative estimate of drug-likeness (QED) is 0.618. The van der Waals surface area contributed by atoms with Crippen molar-refractivity contribution in [2.24, 2.45) is 0 Å². The summed E-state index contributed by atoms with van der Waals surface area (Å²) in [6.07, 6.45) is 3.46. The molecule has 1 aliphatic heterocycles. The van der Waals surface area contributed by atoms with E-state index in [1.165, 1.54) is 0 Å². The summed E-state index contributed by atoms with van der Waals surface area (Å²) in [7, 11) is 1.60. The molecule has 0 saturated heterocycles. The molecule has 1 aliphatic rings. The highest BCUT2D eigenvalue weighted by molar-refractivity contribution is 6.05. The third-order valence-electron chi connectivity index (χ3n) is 3.61. The number of benzene rings is 2. The number of esters is 1. The summed E-state index contributed by atoms with van der Waals surface area (Å²) in [6, 6.07) is 16.3. The van der Waals surface area contributed by atoms with E-state index in [9.17, 15) is 4.79 Å². The lowest BCUT2D eigenvalue weighted by atomic mass is 10.1. The van der Waals surface area contributed by atoms with Crippen molar-refractivity contribution in [3.63, 3.8) is 0 Å². The lowest BCUT2D eigenvalue weighted by molar-refractivity contribution is -0.130. The number of methoxy groups -OCH3 is 1. The van der Waals surface area contributed by atoms with Crippen LogP contribution in [0.1, 0.15) is 11.1 Å². The zero-order valence-electron chi connectivity index (χ0n) is 13.6. The Morgan fingerprint density at radius 2 is 1.76 bits per heavy atom. The second-order valence-corrected chi connectivity index (χ2v) is 5.24. The molecule has 25 heavy (non-hydrogen) atoms. The molecule has 5 nitrogen and oxygen atoms in total. The van der Waals surface area contributed by atoms with Gasteiger partial charge in [0.25, 0.3) is 0 Å². The van der Waals surface area contributed by atoms with Crippen LogP contribution in [-0.4, -0.2) is 19.7 Å². The number of ether oxygens (including phenoxy) is 3. The Labute approximate surface area is 145 Å². The zero-order valence-corrected chi connectivity index (χ0v) is 13.6.